The summed E-state index contributed by atoms with van der Waals surface area (Å²) in [4.78, 5) is 11.9. The first-order chi connectivity index (χ1) is 9.33. The van der Waals surface area contributed by atoms with Crippen LogP contribution in [-0.4, -0.2) is 39.1 Å². The van der Waals surface area contributed by atoms with Crippen molar-refractivity contribution in [2.75, 3.05) is 19.6 Å². The van der Waals surface area contributed by atoms with E-state index in [0.717, 1.165) is 37.1 Å². The number of aromatic nitrogens is 3. The number of pyridine rings is 1. The van der Waals surface area contributed by atoms with Gasteiger partial charge in [-0.3, -0.25) is 0 Å². The Morgan fingerprint density at radius 1 is 1.37 bits per heavy atom. The highest BCUT2D eigenvalue weighted by molar-refractivity contribution is 5.71. The Morgan fingerprint density at radius 2 is 2.26 bits per heavy atom. The van der Waals surface area contributed by atoms with Crippen LogP contribution in [0.5, 0.6) is 0 Å². The topological polar surface area (TPSA) is 34.0 Å². The van der Waals surface area contributed by atoms with Crippen LogP contribution in [-0.2, 0) is 6.42 Å². The fourth-order valence-corrected chi connectivity index (χ4v) is 3.07. The molecule has 0 radical (unpaired) electrons. The van der Waals surface area contributed by atoms with Gasteiger partial charge in [0.1, 0.15) is 11.3 Å². The SMILES string of the molecule is CCCc1nc2cccnc2n1C1CCN(CC)C1. The molecule has 4 nitrogen and oxygen atoms in total. The van der Waals surface area contributed by atoms with Crippen LogP contribution in [0.2, 0.25) is 0 Å². The predicted octanol–water partition coefficient (Wildman–Crippen LogP) is 2.65. The molecule has 2 aromatic rings. The zero-order valence-corrected chi connectivity index (χ0v) is 11.8. The largest absolute Gasteiger partial charge is 0.308 e. The molecule has 1 aliphatic rings. The maximum absolute atomic E-state index is 4.78. The molecule has 4 heteroatoms. The molecule has 0 aliphatic carbocycles. The third kappa shape index (κ3) is 2.25. The molecular formula is C15H22N4. The average molecular weight is 258 g/mol. The molecular weight excluding hydrogens is 236 g/mol. The molecule has 1 atom stereocenters. The van der Waals surface area contributed by atoms with Gasteiger partial charge >= 0.3 is 0 Å². The summed E-state index contributed by atoms with van der Waals surface area (Å²) in [7, 11) is 0. The first kappa shape index (κ1) is 12.6. The van der Waals surface area contributed by atoms with E-state index < -0.39 is 0 Å². The van der Waals surface area contributed by atoms with Crippen LogP contribution in [0.3, 0.4) is 0 Å². The Balaban J connectivity index is 2.02. The van der Waals surface area contributed by atoms with E-state index in [-0.39, 0.29) is 0 Å². The van der Waals surface area contributed by atoms with Crippen molar-refractivity contribution in [1.82, 2.24) is 19.4 Å². The molecule has 19 heavy (non-hydrogen) atoms. The smallest absolute Gasteiger partial charge is 0.160 e. The summed E-state index contributed by atoms with van der Waals surface area (Å²) in [5.74, 6) is 1.21. The summed E-state index contributed by atoms with van der Waals surface area (Å²) in [6.45, 7) is 7.91. The second-order valence-electron chi connectivity index (χ2n) is 5.33. The van der Waals surface area contributed by atoms with Crippen molar-refractivity contribution in [3.63, 3.8) is 0 Å². The predicted molar refractivity (Wildman–Crippen MR) is 77.3 cm³/mol. The van der Waals surface area contributed by atoms with Crippen molar-refractivity contribution < 1.29 is 0 Å². The molecule has 102 valence electrons. The molecule has 0 saturated carbocycles. The van der Waals surface area contributed by atoms with E-state index in [0.29, 0.717) is 6.04 Å². The van der Waals surface area contributed by atoms with E-state index in [4.69, 9.17) is 4.98 Å². The first-order valence-corrected chi connectivity index (χ1v) is 7.37. The van der Waals surface area contributed by atoms with Gasteiger partial charge in [0.05, 0.1) is 6.04 Å². The molecule has 0 bridgehead atoms. The monoisotopic (exact) mass is 258 g/mol. The van der Waals surface area contributed by atoms with Crippen LogP contribution in [0, 0.1) is 0 Å². The minimum absolute atomic E-state index is 0.543. The Kier molecular flexibility index (Phi) is 3.51. The summed E-state index contributed by atoms with van der Waals surface area (Å²) in [6, 6.07) is 4.59. The lowest BCUT2D eigenvalue weighted by atomic mass is 10.2. The van der Waals surface area contributed by atoms with Crippen molar-refractivity contribution >= 4 is 11.2 Å². The molecule has 1 unspecified atom stereocenters. The van der Waals surface area contributed by atoms with Crippen molar-refractivity contribution in [2.45, 2.75) is 39.2 Å². The Morgan fingerprint density at radius 3 is 3.00 bits per heavy atom. The Hall–Kier alpha value is -1.42. The first-order valence-electron chi connectivity index (χ1n) is 7.37. The van der Waals surface area contributed by atoms with E-state index in [1.54, 1.807) is 0 Å². The lowest BCUT2D eigenvalue weighted by Crippen LogP contribution is -2.21. The molecule has 0 spiro atoms. The zero-order chi connectivity index (χ0) is 13.2. The van der Waals surface area contributed by atoms with Crippen molar-refractivity contribution in [1.29, 1.82) is 0 Å². The van der Waals surface area contributed by atoms with Crippen LogP contribution >= 0.6 is 0 Å². The minimum Gasteiger partial charge on any atom is -0.308 e. The summed E-state index contributed by atoms with van der Waals surface area (Å²) in [5.41, 5.74) is 2.11. The second-order valence-corrected chi connectivity index (χ2v) is 5.33. The van der Waals surface area contributed by atoms with Crippen LogP contribution in [0.25, 0.3) is 11.2 Å². The summed E-state index contributed by atoms with van der Waals surface area (Å²) >= 11 is 0. The van der Waals surface area contributed by atoms with Gasteiger partial charge in [-0.15, -0.1) is 0 Å². The normalized spacial score (nSPS) is 20.4. The van der Waals surface area contributed by atoms with Gasteiger partial charge in [0.25, 0.3) is 0 Å². The number of aryl methyl sites for hydroxylation is 1. The van der Waals surface area contributed by atoms with Gasteiger partial charge < -0.3 is 9.47 Å². The Bertz CT molecular complexity index is 560. The van der Waals surface area contributed by atoms with Crippen molar-refractivity contribution in [3.05, 3.63) is 24.2 Å². The average Bonchev–Trinajstić information content (AvgIpc) is 3.02. The number of fused-ring (bicyclic) bond motifs is 1. The molecule has 0 amide bonds. The fraction of sp³-hybridized carbons (Fsp3) is 0.600. The second kappa shape index (κ2) is 5.29. The van der Waals surface area contributed by atoms with Gasteiger partial charge in [-0.2, -0.15) is 0 Å². The molecule has 0 N–H and O–H groups in total. The van der Waals surface area contributed by atoms with Gasteiger partial charge in [-0.25, -0.2) is 9.97 Å². The van der Waals surface area contributed by atoms with Crippen LogP contribution in [0.1, 0.15) is 38.6 Å². The van der Waals surface area contributed by atoms with E-state index >= 15 is 0 Å². The lowest BCUT2D eigenvalue weighted by molar-refractivity contribution is 0.341. The van der Waals surface area contributed by atoms with Gasteiger partial charge in [-0.1, -0.05) is 13.8 Å². The third-order valence-electron chi connectivity index (χ3n) is 4.06. The quantitative estimate of drug-likeness (QED) is 0.845. The summed E-state index contributed by atoms with van der Waals surface area (Å²) in [6.07, 6.45) is 5.27. The number of likely N-dealkylation sites (N-methyl/N-ethyl adjacent to an activating group) is 1. The van der Waals surface area contributed by atoms with E-state index in [2.05, 4.69) is 34.4 Å². The van der Waals surface area contributed by atoms with Crippen LogP contribution in [0.15, 0.2) is 18.3 Å². The van der Waals surface area contributed by atoms with Crippen LogP contribution in [0.4, 0.5) is 0 Å². The number of hydrogen-bond donors (Lipinski definition) is 0. The number of imidazole rings is 1. The lowest BCUT2D eigenvalue weighted by Gasteiger charge is -2.17. The Labute approximate surface area is 114 Å². The molecule has 0 aromatic carbocycles. The van der Waals surface area contributed by atoms with E-state index in [9.17, 15) is 0 Å². The van der Waals surface area contributed by atoms with E-state index in [1.807, 2.05) is 12.3 Å². The molecule has 2 aromatic heterocycles. The van der Waals surface area contributed by atoms with Gasteiger partial charge in [0, 0.05) is 25.7 Å². The number of nitrogens with zero attached hydrogens (tertiary/aromatic N) is 4. The van der Waals surface area contributed by atoms with Gasteiger partial charge in [0.2, 0.25) is 0 Å². The number of hydrogen-bond acceptors (Lipinski definition) is 3. The van der Waals surface area contributed by atoms with Crippen LogP contribution < -0.4 is 0 Å². The maximum atomic E-state index is 4.78. The molecule has 3 heterocycles. The highest BCUT2D eigenvalue weighted by Gasteiger charge is 2.26. The minimum atomic E-state index is 0.543. The highest BCUT2D eigenvalue weighted by Crippen LogP contribution is 2.27. The fourth-order valence-electron chi connectivity index (χ4n) is 3.07. The summed E-state index contributed by atoms with van der Waals surface area (Å²) < 4.78 is 2.40. The standard InChI is InChI=1S/C15H22N4/c1-3-6-14-17-13-7-5-9-16-15(13)19(14)12-8-10-18(4-2)11-12/h5,7,9,12H,3-4,6,8,10-11H2,1-2H3. The molecule has 3 rings (SSSR count). The summed E-state index contributed by atoms with van der Waals surface area (Å²) in [5, 5.41) is 0. The third-order valence-corrected chi connectivity index (χ3v) is 4.06. The highest BCUT2D eigenvalue weighted by atomic mass is 15.2. The van der Waals surface area contributed by atoms with Crippen molar-refractivity contribution in [3.8, 4) is 0 Å². The van der Waals surface area contributed by atoms with Crippen molar-refractivity contribution in [2.24, 2.45) is 0 Å². The molecule has 1 saturated heterocycles. The van der Waals surface area contributed by atoms with Gasteiger partial charge in [0.15, 0.2) is 5.65 Å². The van der Waals surface area contributed by atoms with E-state index in [1.165, 1.54) is 18.8 Å². The number of likely N-dealkylation sites (tertiary alicyclic amines) is 1. The molecule has 1 aliphatic heterocycles. The zero-order valence-electron chi connectivity index (χ0n) is 11.8. The molecule has 1 fully saturated rings. The van der Waals surface area contributed by atoms with Gasteiger partial charge in [-0.05, 0) is 31.5 Å². The number of rotatable bonds is 4. The maximum Gasteiger partial charge on any atom is 0.160 e.